The van der Waals surface area contributed by atoms with Gasteiger partial charge >= 0.3 is 6.18 Å². The number of rotatable bonds is 10. The molecule has 236 valence electrons. The van der Waals surface area contributed by atoms with E-state index >= 15 is 0 Å². The van der Waals surface area contributed by atoms with Crippen LogP contribution < -0.4 is 9.62 Å². The maximum absolute atomic E-state index is 14.1. The van der Waals surface area contributed by atoms with Crippen molar-refractivity contribution >= 4 is 55.1 Å². The molecule has 1 fully saturated rings. The summed E-state index contributed by atoms with van der Waals surface area (Å²) in [6.45, 7) is 0.571. The van der Waals surface area contributed by atoms with Gasteiger partial charge in [-0.15, -0.1) is 0 Å². The van der Waals surface area contributed by atoms with Gasteiger partial charge in [0.05, 0.1) is 21.2 Å². The molecule has 1 aliphatic carbocycles. The van der Waals surface area contributed by atoms with E-state index in [1.54, 1.807) is 37.3 Å². The van der Waals surface area contributed by atoms with Crippen LogP contribution >= 0.6 is 27.5 Å². The molecule has 0 aliphatic heterocycles. The minimum atomic E-state index is -4.80. The molecule has 1 saturated carbocycles. The molecule has 44 heavy (non-hydrogen) atoms. The number of amides is 2. The van der Waals surface area contributed by atoms with E-state index in [2.05, 4.69) is 21.2 Å². The first-order valence-electron chi connectivity index (χ1n) is 14.1. The SMILES string of the molecule is C[C@@H](C(=O)NC1CCCCC1)N(Cc1cccc(Br)c1)C(=O)CN(c1cc(C(F)(F)F)ccc1Cl)S(=O)(=O)c1ccccc1. The predicted molar refractivity (Wildman–Crippen MR) is 167 cm³/mol. The van der Waals surface area contributed by atoms with Crippen molar-refractivity contribution < 1.29 is 31.2 Å². The Bertz CT molecular complexity index is 1590. The second-order valence-electron chi connectivity index (χ2n) is 10.7. The Labute approximate surface area is 268 Å². The van der Waals surface area contributed by atoms with Gasteiger partial charge in [0.2, 0.25) is 11.8 Å². The maximum atomic E-state index is 14.1. The highest BCUT2D eigenvalue weighted by Crippen LogP contribution is 2.37. The first kappa shape index (κ1) is 33.8. The molecule has 4 rings (SSSR count). The van der Waals surface area contributed by atoms with Crippen molar-refractivity contribution in [1.29, 1.82) is 0 Å². The van der Waals surface area contributed by atoms with Gasteiger partial charge in [-0.05, 0) is 67.8 Å². The molecule has 1 atom stereocenters. The molecular weight excluding hydrogens is 683 g/mol. The summed E-state index contributed by atoms with van der Waals surface area (Å²) in [6, 6.07) is 15.3. The van der Waals surface area contributed by atoms with Crippen LogP contribution in [0.15, 0.2) is 82.2 Å². The third-order valence-corrected chi connectivity index (χ3v) is 10.1. The standard InChI is InChI=1S/C31H32BrClF3N3O4S/c1-21(30(41)37-25-11-4-2-5-12-25)38(19-22-9-8-10-24(32)17-22)29(40)20-39(44(42,43)26-13-6-3-7-14-26)28-18-23(31(34,35)36)15-16-27(28)33/h3,6-10,13-18,21,25H,2,4-5,11-12,19-20H2,1H3,(H,37,41)/t21-/m0/s1. The Morgan fingerprint density at radius 3 is 2.32 bits per heavy atom. The van der Waals surface area contributed by atoms with Crippen molar-refractivity contribution in [2.24, 2.45) is 0 Å². The lowest BCUT2D eigenvalue weighted by atomic mass is 9.95. The Hall–Kier alpha value is -3.09. The minimum absolute atomic E-state index is 0.0413. The fourth-order valence-corrected chi connectivity index (χ4v) is 7.26. The van der Waals surface area contributed by atoms with E-state index in [1.165, 1.54) is 29.2 Å². The lowest BCUT2D eigenvalue weighted by Crippen LogP contribution is -2.53. The number of carbonyl (C=O) groups is 2. The lowest BCUT2D eigenvalue weighted by molar-refractivity contribution is -0.139. The molecule has 0 saturated heterocycles. The third-order valence-electron chi connectivity index (χ3n) is 7.51. The number of sulfonamides is 1. The number of benzene rings is 3. The van der Waals surface area contributed by atoms with Crippen LogP contribution in [0.5, 0.6) is 0 Å². The minimum Gasteiger partial charge on any atom is -0.352 e. The van der Waals surface area contributed by atoms with Crippen molar-refractivity contribution in [3.05, 3.63) is 93.4 Å². The number of anilines is 1. The number of carbonyl (C=O) groups excluding carboxylic acids is 2. The van der Waals surface area contributed by atoms with Crippen LogP contribution in [0, 0.1) is 0 Å². The summed E-state index contributed by atoms with van der Waals surface area (Å²) in [7, 11) is -4.59. The van der Waals surface area contributed by atoms with Gasteiger partial charge in [0.15, 0.2) is 0 Å². The normalized spacial score (nSPS) is 15.0. The van der Waals surface area contributed by atoms with Gasteiger partial charge in [-0.3, -0.25) is 13.9 Å². The summed E-state index contributed by atoms with van der Waals surface area (Å²) in [5.74, 6) is -1.21. The van der Waals surface area contributed by atoms with Crippen LogP contribution in [0.3, 0.4) is 0 Å². The number of hydrogen-bond donors (Lipinski definition) is 1. The third kappa shape index (κ3) is 8.33. The van der Waals surface area contributed by atoms with Gasteiger partial charge in [-0.2, -0.15) is 13.2 Å². The summed E-state index contributed by atoms with van der Waals surface area (Å²) < 4.78 is 70.2. The summed E-state index contributed by atoms with van der Waals surface area (Å²) in [6.07, 6.45) is -0.137. The van der Waals surface area contributed by atoms with Crippen molar-refractivity contribution in [1.82, 2.24) is 10.2 Å². The molecule has 0 bridgehead atoms. The fraction of sp³-hybridized carbons (Fsp3) is 0.355. The van der Waals surface area contributed by atoms with Crippen LogP contribution in [-0.4, -0.2) is 43.8 Å². The monoisotopic (exact) mass is 713 g/mol. The molecule has 0 radical (unpaired) electrons. The van der Waals surface area contributed by atoms with Gasteiger partial charge in [0.1, 0.15) is 12.6 Å². The van der Waals surface area contributed by atoms with Crippen molar-refractivity contribution in [2.45, 2.75) is 68.7 Å². The number of halogens is 5. The average molecular weight is 715 g/mol. The summed E-state index contributed by atoms with van der Waals surface area (Å²) in [5, 5.41) is 2.71. The molecule has 0 spiro atoms. The molecule has 1 aliphatic rings. The Kier molecular flexibility index (Phi) is 11.0. The second kappa shape index (κ2) is 14.3. The molecule has 2 amide bonds. The van der Waals surface area contributed by atoms with Gasteiger partial charge in [0, 0.05) is 17.1 Å². The van der Waals surface area contributed by atoms with E-state index in [0.29, 0.717) is 15.9 Å². The van der Waals surface area contributed by atoms with Crippen LogP contribution in [0.4, 0.5) is 18.9 Å². The smallest absolute Gasteiger partial charge is 0.352 e. The first-order valence-corrected chi connectivity index (χ1v) is 16.7. The highest BCUT2D eigenvalue weighted by atomic mass is 79.9. The second-order valence-corrected chi connectivity index (χ2v) is 13.8. The predicted octanol–water partition coefficient (Wildman–Crippen LogP) is 7.18. The van der Waals surface area contributed by atoms with Crippen molar-refractivity contribution in [2.75, 3.05) is 10.8 Å². The van der Waals surface area contributed by atoms with E-state index in [4.69, 9.17) is 11.6 Å². The van der Waals surface area contributed by atoms with E-state index in [9.17, 15) is 31.2 Å². The van der Waals surface area contributed by atoms with Crippen molar-refractivity contribution in [3.8, 4) is 0 Å². The van der Waals surface area contributed by atoms with Gasteiger partial charge < -0.3 is 10.2 Å². The zero-order valence-corrected chi connectivity index (χ0v) is 27.0. The topological polar surface area (TPSA) is 86.8 Å². The molecule has 0 aromatic heterocycles. The number of alkyl halides is 3. The van der Waals surface area contributed by atoms with Gasteiger partial charge in [-0.1, -0.05) is 77.1 Å². The maximum Gasteiger partial charge on any atom is 0.416 e. The lowest BCUT2D eigenvalue weighted by Gasteiger charge is -2.33. The molecule has 0 unspecified atom stereocenters. The molecule has 1 N–H and O–H groups in total. The van der Waals surface area contributed by atoms with E-state index in [-0.39, 0.29) is 22.5 Å². The van der Waals surface area contributed by atoms with Gasteiger partial charge in [-0.25, -0.2) is 8.42 Å². The van der Waals surface area contributed by atoms with Crippen LogP contribution in [0.2, 0.25) is 5.02 Å². The molecule has 3 aromatic rings. The largest absolute Gasteiger partial charge is 0.416 e. The zero-order chi connectivity index (χ0) is 32.1. The average Bonchev–Trinajstić information content (AvgIpc) is 2.99. The Morgan fingerprint density at radius 2 is 1.68 bits per heavy atom. The summed E-state index contributed by atoms with van der Waals surface area (Å²) in [5.41, 5.74) is -0.996. The summed E-state index contributed by atoms with van der Waals surface area (Å²) in [4.78, 5) is 28.5. The van der Waals surface area contributed by atoms with Gasteiger partial charge in [0.25, 0.3) is 10.0 Å². The molecule has 7 nitrogen and oxygen atoms in total. The number of nitrogens with one attached hydrogen (secondary N) is 1. The highest BCUT2D eigenvalue weighted by Gasteiger charge is 2.36. The first-order chi connectivity index (χ1) is 20.8. The van der Waals surface area contributed by atoms with E-state index in [0.717, 1.165) is 48.7 Å². The quantitative estimate of drug-likeness (QED) is 0.241. The highest BCUT2D eigenvalue weighted by molar-refractivity contribution is 9.10. The zero-order valence-electron chi connectivity index (χ0n) is 23.9. The van der Waals surface area contributed by atoms with Crippen LogP contribution in [-0.2, 0) is 32.3 Å². The Balaban J connectivity index is 1.75. The Morgan fingerprint density at radius 1 is 1.00 bits per heavy atom. The van der Waals surface area contributed by atoms with Crippen LogP contribution in [0.1, 0.15) is 50.2 Å². The van der Waals surface area contributed by atoms with E-state index < -0.39 is 51.9 Å². The van der Waals surface area contributed by atoms with Crippen LogP contribution in [0.25, 0.3) is 0 Å². The molecule has 13 heteroatoms. The summed E-state index contributed by atoms with van der Waals surface area (Å²) >= 11 is 9.70. The molecule has 0 heterocycles. The molecule has 3 aromatic carbocycles. The molecular formula is C31H32BrClF3N3O4S. The fourth-order valence-electron chi connectivity index (χ4n) is 5.10. The van der Waals surface area contributed by atoms with Crippen molar-refractivity contribution in [3.63, 3.8) is 0 Å². The number of nitrogens with zero attached hydrogens (tertiary/aromatic N) is 2. The van der Waals surface area contributed by atoms with E-state index in [1.807, 2.05) is 0 Å². The number of hydrogen-bond acceptors (Lipinski definition) is 4.